The van der Waals surface area contributed by atoms with Crippen molar-refractivity contribution < 1.29 is 29.3 Å². The highest BCUT2D eigenvalue weighted by Crippen LogP contribution is 2.16. The number of carbonyl (C=O) groups excluding carboxylic acids is 2. The van der Waals surface area contributed by atoms with E-state index < -0.39 is 41.5 Å². The Kier molecular flexibility index (Phi) is 7.50. The Labute approximate surface area is 138 Å². The third-order valence-electron chi connectivity index (χ3n) is 2.74. The fraction of sp³-hybridized carbons (Fsp3) is 0.875. The van der Waals surface area contributed by atoms with E-state index in [-0.39, 0.29) is 5.92 Å². The van der Waals surface area contributed by atoms with Gasteiger partial charge in [-0.05, 0) is 47.5 Å². The third kappa shape index (κ3) is 8.76. The van der Waals surface area contributed by atoms with Gasteiger partial charge in [0.05, 0.1) is 6.04 Å². The van der Waals surface area contributed by atoms with Gasteiger partial charge in [0.1, 0.15) is 17.3 Å². The average Bonchev–Trinajstić information content (AvgIpc) is 2.29. The van der Waals surface area contributed by atoms with Gasteiger partial charge < -0.3 is 25.0 Å². The van der Waals surface area contributed by atoms with Crippen LogP contribution in [0.25, 0.3) is 0 Å². The number of hydrogen-bond donors (Lipinski definition) is 3. The summed E-state index contributed by atoms with van der Waals surface area (Å²) in [6.07, 6.45) is -4.01. The van der Waals surface area contributed by atoms with Gasteiger partial charge in [-0.15, -0.1) is 0 Å². The molecule has 0 unspecified atom stereocenters. The molecule has 0 aromatic rings. The van der Waals surface area contributed by atoms with Crippen LogP contribution in [0.2, 0.25) is 0 Å². The summed E-state index contributed by atoms with van der Waals surface area (Å²) in [5, 5.41) is 22.7. The maximum Gasteiger partial charge on any atom is 0.407 e. The zero-order valence-electron chi connectivity index (χ0n) is 15.3. The first-order valence-corrected chi connectivity index (χ1v) is 7.72. The molecule has 0 bridgehead atoms. The van der Waals surface area contributed by atoms with E-state index in [9.17, 15) is 19.8 Å². The molecule has 7 nitrogen and oxygen atoms in total. The van der Waals surface area contributed by atoms with Gasteiger partial charge in [0.15, 0.2) is 6.10 Å². The molecule has 0 aliphatic rings. The van der Waals surface area contributed by atoms with Crippen LogP contribution < -0.4 is 5.32 Å². The van der Waals surface area contributed by atoms with Crippen LogP contribution in [0, 0.1) is 5.92 Å². The summed E-state index contributed by atoms with van der Waals surface area (Å²) in [7, 11) is 0. The van der Waals surface area contributed by atoms with Crippen molar-refractivity contribution in [2.24, 2.45) is 5.92 Å². The molecule has 7 heteroatoms. The summed E-state index contributed by atoms with van der Waals surface area (Å²) in [5.41, 5.74) is -1.48. The number of alkyl carbamates (subject to hydrolysis) is 1. The van der Waals surface area contributed by atoms with Crippen LogP contribution in [0.5, 0.6) is 0 Å². The Hall–Kier alpha value is -1.34. The summed E-state index contributed by atoms with van der Waals surface area (Å²) in [6.45, 7) is 13.6. The van der Waals surface area contributed by atoms with E-state index in [1.807, 2.05) is 0 Å². The zero-order valence-corrected chi connectivity index (χ0v) is 15.3. The van der Waals surface area contributed by atoms with E-state index >= 15 is 0 Å². The second-order valence-corrected chi connectivity index (χ2v) is 7.88. The average molecular weight is 333 g/mol. The number of nitrogens with one attached hydrogen (secondary N) is 1. The maximum atomic E-state index is 11.9. The smallest absolute Gasteiger partial charge is 0.407 e. The number of aliphatic hydroxyl groups excluding tert-OH is 2. The fourth-order valence-electron chi connectivity index (χ4n) is 1.79. The SMILES string of the molecule is CC(C)[C@H](NC(=O)OC(C)(C)C)[C@@H](O)[C@@H](O)C(=O)OC(C)(C)C. The monoisotopic (exact) mass is 333 g/mol. The van der Waals surface area contributed by atoms with E-state index in [1.54, 1.807) is 55.4 Å². The number of amides is 1. The Morgan fingerprint density at radius 1 is 0.913 bits per heavy atom. The number of aliphatic hydroxyl groups is 2. The zero-order chi connectivity index (χ0) is 18.6. The van der Waals surface area contributed by atoms with E-state index in [0.29, 0.717) is 0 Å². The first-order chi connectivity index (χ1) is 10.1. The van der Waals surface area contributed by atoms with Gasteiger partial charge in [-0.3, -0.25) is 0 Å². The number of carbonyl (C=O) groups is 2. The molecule has 0 radical (unpaired) electrons. The number of rotatable bonds is 5. The van der Waals surface area contributed by atoms with Gasteiger partial charge in [0.2, 0.25) is 0 Å². The Morgan fingerprint density at radius 3 is 1.70 bits per heavy atom. The summed E-state index contributed by atoms with van der Waals surface area (Å²) in [6, 6.07) is -0.868. The predicted molar refractivity (Wildman–Crippen MR) is 85.9 cm³/mol. The van der Waals surface area contributed by atoms with Crippen LogP contribution in [0.1, 0.15) is 55.4 Å². The van der Waals surface area contributed by atoms with Gasteiger partial charge in [0, 0.05) is 0 Å². The van der Waals surface area contributed by atoms with E-state index in [2.05, 4.69) is 5.32 Å². The van der Waals surface area contributed by atoms with Crippen molar-refractivity contribution >= 4 is 12.1 Å². The molecule has 0 aliphatic carbocycles. The van der Waals surface area contributed by atoms with Crippen molar-refractivity contribution in [1.29, 1.82) is 0 Å². The Morgan fingerprint density at radius 2 is 1.35 bits per heavy atom. The minimum atomic E-state index is -1.77. The standard InChI is InChI=1S/C16H31NO6/c1-9(2)10(17-14(21)23-16(6,7)8)11(18)12(19)13(20)22-15(3,4)5/h9-12,18-19H,1-8H3,(H,17,21)/t10-,11+,12+/m0/s1. The molecule has 0 aromatic carbocycles. The molecule has 23 heavy (non-hydrogen) atoms. The molecular formula is C16H31NO6. The lowest BCUT2D eigenvalue weighted by Gasteiger charge is -2.31. The van der Waals surface area contributed by atoms with Crippen LogP contribution in [0.15, 0.2) is 0 Å². The molecule has 3 N–H and O–H groups in total. The molecule has 0 aromatic heterocycles. The molecule has 0 spiro atoms. The van der Waals surface area contributed by atoms with Crippen LogP contribution in [-0.4, -0.2) is 51.7 Å². The normalized spacial score (nSPS) is 16.5. The van der Waals surface area contributed by atoms with Crippen molar-refractivity contribution in [2.45, 2.75) is 84.8 Å². The summed E-state index contributed by atoms with van der Waals surface area (Å²) in [5.74, 6) is -1.18. The summed E-state index contributed by atoms with van der Waals surface area (Å²) in [4.78, 5) is 23.7. The van der Waals surface area contributed by atoms with Crippen molar-refractivity contribution in [3.8, 4) is 0 Å². The second-order valence-electron chi connectivity index (χ2n) is 7.88. The fourth-order valence-corrected chi connectivity index (χ4v) is 1.79. The van der Waals surface area contributed by atoms with Gasteiger partial charge in [0.25, 0.3) is 0 Å². The third-order valence-corrected chi connectivity index (χ3v) is 2.74. The van der Waals surface area contributed by atoms with Crippen LogP contribution in [-0.2, 0) is 14.3 Å². The molecule has 3 atom stereocenters. The quantitative estimate of drug-likeness (QED) is 0.660. The molecular weight excluding hydrogens is 302 g/mol. The second kappa shape index (κ2) is 7.97. The van der Waals surface area contributed by atoms with Crippen molar-refractivity contribution in [1.82, 2.24) is 5.32 Å². The van der Waals surface area contributed by atoms with E-state index in [1.165, 1.54) is 0 Å². The van der Waals surface area contributed by atoms with Crippen LogP contribution in [0.3, 0.4) is 0 Å². The van der Waals surface area contributed by atoms with Crippen LogP contribution >= 0.6 is 0 Å². The number of hydrogen-bond acceptors (Lipinski definition) is 6. The molecule has 0 aliphatic heterocycles. The summed E-state index contributed by atoms with van der Waals surface area (Å²) >= 11 is 0. The van der Waals surface area contributed by atoms with E-state index in [4.69, 9.17) is 9.47 Å². The lowest BCUT2D eigenvalue weighted by molar-refractivity contribution is -0.172. The topological polar surface area (TPSA) is 105 Å². The molecule has 0 saturated carbocycles. The van der Waals surface area contributed by atoms with Gasteiger partial charge >= 0.3 is 12.1 Å². The van der Waals surface area contributed by atoms with E-state index in [0.717, 1.165) is 0 Å². The first kappa shape index (κ1) is 21.7. The number of ether oxygens (including phenoxy) is 2. The maximum absolute atomic E-state index is 11.9. The lowest BCUT2D eigenvalue weighted by atomic mass is 9.95. The van der Waals surface area contributed by atoms with Gasteiger partial charge in [-0.2, -0.15) is 0 Å². The Bertz CT molecular complexity index is 408. The molecule has 0 heterocycles. The van der Waals surface area contributed by atoms with Gasteiger partial charge in [-0.25, -0.2) is 9.59 Å². The highest BCUT2D eigenvalue weighted by molar-refractivity contribution is 5.76. The first-order valence-electron chi connectivity index (χ1n) is 7.72. The van der Waals surface area contributed by atoms with Crippen molar-refractivity contribution in [3.63, 3.8) is 0 Å². The van der Waals surface area contributed by atoms with Crippen molar-refractivity contribution in [2.75, 3.05) is 0 Å². The highest BCUT2D eigenvalue weighted by Gasteiger charge is 2.37. The number of esters is 1. The Balaban J connectivity index is 4.95. The molecule has 0 rings (SSSR count). The predicted octanol–water partition coefficient (Wildman–Crippen LogP) is 1.60. The largest absolute Gasteiger partial charge is 0.458 e. The molecule has 0 saturated heterocycles. The minimum absolute atomic E-state index is 0.241. The summed E-state index contributed by atoms with van der Waals surface area (Å²) < 4.78 is 10.2. The molecule has 136 valence electrons. The minimum Gasteiger partial charge on any atom is -0.458 e. The highest BCUT2D eigenvalue weighted by atomic mass is 16.6. The lowest BCUT2D eigenvalue weighted by Crippen LogP contribution is -2.54. The molecule has 1 amide bonds. The van der Waals surface area contributed by atoms with Crippen LogP contribution in [0.4, 0.5) is 4.79 Å². The van der Waals surface area contributed by atoms with Crippen molar-refractivity contribution in [3.05, 3.63) is 0 Å². The molecule has 0 fully saturated rings. The van der Waals surface area contributed by atoms with Gasteiger partial charge in [-0.1, -0.05) is 13.8 Å².